The lowest BCUT2D eigenvalue weighted by atomic mass is 10.2. The molecule has 88 valence electrons. The zero-order valence-electron chi connectivity index (χ0n) is 9.03. The monoisotopic (exact) mass is 227 g/mol. The van der Waals surface area contributed by atoms with E-state index in [4.69, 9.17) is 4.74 Å². The smallest absolute Gasteiger partial charge is 0.283 e. The molecule has 1 aromatic carbocycles. The van der Waals surface area contributed by atoms with Gasteiger partial charge in [-0.15, -0.1) is 0 Å². The van der Waals surface area contributed by atoms with Gasteiger partial charge in [0.05, 0.1) is 13.2 Å². The Morgan fingerprint density at radius 3 is 2.75 bits per heavy atom. The van der Waals surface area contributed by atoms with E-state index in [0.29, 0.717) is 19.7 Å². The van der Waals surface area contributed by atoms with Crippen molar-refractivity contribution in [3.63, 3.8) is 0 Å². The van der Waals surface area contributed by atoms with Crippen molar-refractivity contribution < 1.29 is 13.5 Å². The van der Waals surface area contributed by atoms with E-state index < -0.39 is 12.5 Å². The highest BCUT2D eigenvalue weighted by Gasteiger charge is 2.34. The van der Waals surface area contributed by atoms with E-state index in [1.165, 1.54) is 0 Å². The molecule has 0 aromatic heterocycles. The molecule has 0 aliphatic carbocycles. The summed E-state index contributed by atoms with van der Waals surface area (Å²) in [6.45, 7) is 0.812. The van der Waals surface area contributed by atoms with Gasteiger partial charge >= 0.3 is 0 Å². The third-order valence-electron chi connectivity index (χ3n) is 2.57. The van der Waals surface area contributed by atoms with Gasteiger partial charge in [0, 0.05) is 13.1 Å². The van der Waals surface area contributed by atoms with E-state index in [0.717, 1.165) is 5.56 Å². The van der Waals surface area contributed by atoms with Crippen LogP contribution in [-0.2, 0) is 11.3 Å². The molecule has 1 aliphatic rings. The van der Waals surface area contributed by atoms with Gasteiger partial charge in [-0.05, 0) is 5.56 Å². The third kappa shape index (κ3) is 3.25. The number of hydrogen-bond acceptors (Lipinski definition) is 2. The summed E-state index contributed by atoms with van der Waals surface area (Å²) in [6.07, 6.45) is 0. The van der Waals surface area contributed by atoms with Gasteiger partial charge in [0.15, 0.2) is 0 Å². The van der Waals surface area contributed by atoms with Crippen LogP contribution in [0.25, 0.3) is 0 Å². The largest absolute Gasteiger partial charge is 0.374 e. The summed E-state index contributed by atoms with van der Waals surface area (Å²) in [5.41, 5.74) is 1.06. The zero-order valence-corrected chi connectivity index (χ0v) is 9.03. The summed E-state index contributed by atoms with van der Waals surface area (Å²) in [5, 5.41) is 0. The van der Waals surface area contributed by atoms with Crippen molar-refractivity contribution in [2.24, 2.45) is 0 Å². The van der Waals surface area contributed by atoms with Crippen LogP contribution in [0.1, 0.15) is 5.56 Å². The minimum absolute atomic E-state index is 0.220. The van der Waals surface area contributed by atoms with Crippen LogP contribution in [0.5, 0.6) is 0 Å². The van der Waals surface area contributed by atoms with Gasteiger partial charge in [0.2, 0.25) is 0 Å². The Hall–Kier alpha value is -1.00. The Bertz CT molecular complexity index is 329. The van der Waals surface area contributed by atoms with E-state index in [1.54, 1.807) is 4.90 Å². The quantitative estimate of drug-likeness (QED) is 0.767. The van der Waals surface area contributed by atoms with Gasteiger partial charge in [-0.1, -0.05) is 30.3 Å². The molecular formula is C12H15F2NO. The van der Waals surface area contributed by atoms with Crippen LogP contribution in [0.3, 0.4) is 0 Å². The molecule has 0 saturated carbocycles. The van der Waals surface area contributed by atoms with Gasteiger partial charge in [-0.25, -0.2) is 8.78 Å². The van der Waals surface area contributed by atoms with Crippen molar-refractivity contribution in [2.45, 2.75) is 12.5 Å². The molecule has 1 aromatic rings. The van der Waals surface area contributed by atoms with Crippen LogP contribution in [0.2, 0.25) is 0 Å². The number of ether oxygens (including phenoxy) is 1. The van der Waals surface area contributed by atoms with Crippen LogP contribution in [0.15, 0.2) is 30.3 Å². The maximum atomic E-state index is 13.3. The molecule has 1 fully saturated rings. The number of halogens is 2. The average Bonchev–Trinajstić information content (AvgIpc) is 2.40. The zero-order chi connectivity index (χ0) is 11.4. The van der Waals surface area contributed by atoms with Crippen molar-refractivity contribution in [1.82, 2.24) is 4.90 Å². The Morgan fingerprint density at radius 1 is 1.25 bits per heavy atom. The van der Waals surface area contributed by atoms with Crippen molar-refractivity contribution >= 4 is 0 Å². The predicted octanol–water partition coefficient (Wildman–Crippen LogP) is 2.15. The highest BCUT2D eigenvalue weighted by molar-refractivity contribution is 5.14. The highest BCUT2D eigenvalue weighted by atomic mass is 19.3. The van der Waals surface area contributed by atoms with Crippen LogP contribution < -0.4 is 0 Å². The summed E-state index contributed by atoms with van der Waals surface area (Å²) in [4.78, 5) is 1.74. The highest BCUT2D eigenvalue weighted by Crippen LogP contribution is 2.19. The summed E-state index contributed by atoms with van der Waals surface area (Å²) in [5.74, 6) is -2.73. The van der Waals surface area contributed by atoms with Gasteiger partial charge in [0.25, 0.3) is 5.92 Å². The average molecular weight is 227 g/mol. The van der Waals surface area contributed by atoms with Gasteiger partial charge in [0.1, 0.15) is 6.61 Å². The van der Waals surface area contributed by atoms with Crippen LogP contribution in [-0.4, -0.2) is 37.1 Å². The Balaban J connectivity index is 1.98. The molecule has 0 N–H and O–H groups in total. The minimum atomic E-state index is -2.73. The van der Waals surface area contributed by atoms with E-state index in [1.807, 2.05) is 30.3 Å². The van der Waals surface area contributed by atoms with Crippen LogP contribution in [0.4, 0.5) is 8.78 Å². The normalized spacial score (nSPS) is 21.6. The minimum Gasteiger partial charge on any atom is -0.374 e. The first kappa shape index (κ1) is 11.5. The number of alkyl halides is 2. The topological polar surface area (TPSA) is 12.5 Å². The second kappa shape index (κ2) is 4.89. The Morgan fingerprint density at radius 2 is 2.00 bits per heavy atom. The lowest BCUT2D eigenvalue weighted by Crippen LogP contribution is -2.36. The number of nitrogens with zero attached hydrogens (tertiary/aromatic N) is 1. The molecule has 0 unspecified atom stereocenters. The Kier molecular flexibility index (Phi) is 3.51. The summed E-state index contributed by atoms with van der Waals surface area (Å²) in [7, 11) is 0. The van der Waals surface area contributed by atoms with Gasteiger partial charge in [-0.2, -0.15) is 0 Å². The maximum absolute atomic E-state index is 13.3. The van der Waals surface area contributed by atoms with E-state index in [2.05, 4.69) is 0 Å². The molecule has 1 aliphatic heterocycles. The summed E-state index contributed by atoms with van der Waals surface area (Å²) >= 11 is 0. The van der Waals surface area contributed by atoms with Crippen LogP contribution in [0, 0.1) is 0 Å². The maximum Gasteiger partial charge on any atom is 0.283 e. The molecule has 1 heterocycles. The Labute approximate surface area is 93.8 Å². The lowest BCUT2D eigenvalue weighted by molar-refractivity contribution is -0.0689. The first-order valence-corrected chi connectivity index (χ1v) is 5.38. The molecule has 2 nitrogen and oxygen atoms in total. The molecule has 1 saturated heterocycles. The molecular weight excluding hydrogens is 212 g/mol. The molecule has 0 radical (unpaired) electrons. The molecule has 4 heteroatoms. The standard InChI is InChI=1S/C12H15F2NO/c13-12(14)9-15(6-7-16-10-12)8-11-4-2-1-3-5-11/h1-5H,6-10H2. The van der Waals surface area contributed by atoms with E-state index in [-0.39, 0.29) is 6.54 Å². The molecule has 0 atom stereocenters. The van der Waals surface area contributed by atoms with Gasteiger partial charge < -0.3 is 4.74 Å². The third-order valence-corrected chi connectivity index (χ3v) is 2.57. The first-order chi connectivity index (χ1) is 7.66. The fraction of sp³-hybridized carbons (Fsp3) is 0.500. The lowest BCUT2D eigenvalue weighted by Gasteiger charge is -2.22. The van der Waals surface area contributed by atoms with Gasteiger partial charge in [-0.3, -0.25) is 4.90 Å². The fourth-order valence-electron chi connectivity index (χ4n) is 1.84. The van der Waals surface area contributed by atoms with Crippen molar-refractivity contribution in [3.8, 4) is 0 Å². The first-order valence-electron chi connectivity index (χ1n) is 5.38. The summed E-state index contributed by atoms with van der Waals surface area (Å²) < 4.78 is 31.4. The van der Waals surface area contributed by atoms with E-state index >= 15 is 0 Å². The second-order valence-corrected chi connectivity index (χ2v) is 4.10. The number of benzene rings is 1. The molecule has 2 rings (SSSR count). The number of rotatable bonds is 2. The van der Waals surface area contributed by atoms with E-state index in [9.17, 15) is 8.78 Å². The molecule has 0 spiro atoms. The SMILES string of the molecule is FC1(F)COCCN(Cc2ccccc2)C1. The molecule has 0 amide bonds. The van der Waals surface area contributed by atoms with Crippen molar-refractivity contribution in [3.05, 3.63) is 35.9 Å². The van der Waals surface area contributed by atoms with Crippen molar-refractivity contribution in [1.29, 1.82) is 0 Å². The molecule has 16 heavy (non-hydrogen) atoms. The predicted molar refractivity (Wildman–Crippen MR) is 57.5 cm³/mol. The molecule has 0 bridgehead atoms. The fourth-order valence-corrected chi connectivity index (χ4v) is 1.84. The summed E-state index contributed by atoms with van der Waals surface area (Å²) in [6, 6.07) is 9.65. The van der Waals surface area contributed by atoms with Crippen molar-refractivity contribution in [2.75, 3.05) is 26.3 Å². The van der Waals surface area contributed by atoms with Crippen LogP contribution >= 0.6 is 0 Å². The number of hydrogen-bond donors (Lipinski definition) is 0. The second-order valence-electron chi connectivity index (χ2n) is 4.10.